The lowest BCUT2D eigenvalue weighted by atomic mass is 9.95. The van der Waals surface area contributed by atoms with Crippen molar-refractivity contribution in [1.29, 1.82) is 0 Å². The van der Waals surface area contributed by atoms with Crippen LogP contribution < -0.4 is 5.32 Å². The predicted molar refractivity (Wildman–Crippen MR) is 79.3 cm³/mol. The zero-order valence-corrected chi connectivity index (χ0v) is 12.3. The fourth-order valence-electron chi connectivity index (χ4n) is 3.76. The third-order valence-corrected chi connectivity index (χ3v) is 4.88. The lowest BCUT2D eigenvalue weighted by Gasteiger charge is -2.24. The summed E-state index contributed by atoms with van der Waals surface area (Å²) < 4.78 is 18.8. The second-order valence-electron chi connectivity index (χ2n) is 6.45. The highest BCUT2D eigenvalue weighted by Crippen LogP contribution is 2.44. The molecule has 4 heteroatoms. The maximum absolute atomic E-state index is 13.4. The monoisotopic (exact) mass is 293 g/mol. The Morgan fingerprint density at radius 1 is 1.29 bits per heavy atom. The van der Waals surface area contributed by atoms with Crippen molar-refractivity contribution >= 4 is 0 Å². The molecular formula is C17H24FNO2. The van der Waals surface area contributed by atoms with E-state index < -0.39 is 6.10 Å². The maximum atomic E-state index is 13.4. The van der Waals surface area contributed by atoms with Crippen molar-refractivity contribution < 1.29 is 14.2 Å². The number of fused-ring (bicyclic) bond motifs is 2. The molecule has 0 heterocycles. The lowest BCUT2D eigenvalue weighted by molar-refractivity contribution is 0.0257. The van der Waals surface area contributed by atoms with Crippen molar-refractivity contribution in [1.82, 2.24) is 5.32 Å². The molecule has 0 aromatic heterocycles. The highest BCUT2D eigenvalue weighted by molar-refractivity contribution is 5.16. The van der Waals surface area contributed by atoms with E-state index in [0.717, 1.165) is 11.8 Å². The number of halogens is 1. The molecule has 116 valence electrons. The molecule has 2 bridgehead atoms. The van der Waals surface area contributed by atoms with Crippen LogP contribution in [0, 0.1) is 17.7 Å². The Bertz CT molecular complexity index is 468. The van der Waals surface area contributed by atoms with Crippen molar-refractivity contribution in [3.8, 4) is 0 Å². The number of nitrogens with one attached hydrogen (secondary N) is 1. The molecule has 2 aliphatic rings. The number of aliphatic hydroxyl groups excluding tert-OH is 1. The summed E-state index contributed by atoms with van der Waals surface area (Å²) in [4.78, 5) is 0. The fraction of sp³-hybridized carbons (Fsp3) is 0.647. The van der Waals surface area contributed by atoms with E-state index in [1.807, 2.05) is 0 Å². The standard InChI is InChI=1S/C17H24FNO2/c18-16-4-2-1-3-14(16)10-21-11-15(20)9-19-17-8-12-5-6-13(17)7-12/h1-4,12-13,15,17,19-20H,5-11H2. The topological polar surface area (TPSA) is 41.5 Å². The molecule has 21 heavy (non-hydrogen) atoms. The second-order valence-corrected chi connectivity index (χ2v) is 6.45. The molecule has 4 unspecified atom stereocenters. The Morgan fingerprint density at radius 3 is 2.86 bits per heavy atom. The second kappa shape index (κ2) is 6.86. The molecule has 2 aliphatic carbocycles. The van der Waals surface area contributed by atoms with Crippen LogP contribution in [0.1, 0.15) is 31.2 Å². The van der Waals surface area contributed by atoms with Crippen LogP contribution in [-0.4, -0.2) is 30.4 Å². The SMILES string of the molecule is OC(CNC1CC2CCC1C2)COCc1ccccc1F. The largest absolute Gasteiger partial charge is 0.389 e. The Labute approximate surface area is 125 Å². The summed E-state index contributed by atoms with van der Waals surface area (Å²) >= 11 is 0. The van der Waals surface area contributed by atoms with E-state index in [2.05, 4.69) is 5.32 Å². The minimum atomic E-state index is -0.532. The summed E-state index contributed by atoms with van der Waals surface area (Å²) in [5.74, 6) is 1.45. The fourth-order valence-corrected chi connectivity index (χ4v) is 3.76. The predicted octanol–water partition coefficient (Wildman–Crippen LogP) is 2.48. The first-order valence-electron chi connectivity index (χ1n) is 7.95. The van der Waals surface area contributed by atoms with Gasteiger partial charge in [-0.1, -0.05) is 24.6 Å². The molecule has 2 saturated carbocycles. The molecule has 3 rings (SSSR count). The van der Waals surface area contributed by atoms with Crippen molar-refractivity contribution in [2.45, 2.75) is 44.4 Å². The summed E-state index contributed by atoms with van der Waals surface area (Å²) in [5, 5.41) is 13.4. The average molecular weight is 293 g/mol. The van der Waals surface area contributed by atoms with Crippen LogP contribution in [-0.2, 0) is 11.3 Å². The van der Waals surface area contributed by atoms with Crippen LogP contribution in [0.3, 0.4) is 0 Å². The van der Waals surface area contributed by atoms with Gasteiger partial charge < -0.3 is 15.2 Å². The Kier molecular flexibility index (Phi) is 4.88. The third-order valence-electron chi connectivity index (χ3n) is 4.88. The van der Waals surface area contributed by atoms with Crippen molar-refractivity contribution in [2.75, 3.05) is 13.2 Å². The first kappa shape index (κ1) is 14.9. The van der Waals surface area contributed by atoms with Crippen LogP contribution in [0.25, 0.3) is 0 Å². The first-order valence-corrected chi connectivity index (χ1v) is 7.95. The van der Waals surface area contributed by atoms with E-state index in [4.69, 9.17) is 4.74 Å². The molecule has 0 aliphatic heterocycles. The van der Waals surface area contributed by atoms with Gasteiger partial charge in [-0.05, 0) is 37.2 Å². The molecule has 0 amide bonds. The maximum Gasteiger partial charge on any atom is 0.128 e. The number of benzene rings is 1. The van der Waals surface area contributed by atoms with E-state index >= 15 is 0 Å². The molecule has 1 aromatic rings. The van der Waals surface area contributed by atoms with Gasteiger partial charge in [0, 0.05) is 18.2 Å². The molecule has 0 radical (unpaired) electrons. The van der Waals surface area contributed by atoms with Crippen LogP contribution >= 0.6 is 0 Å². The van der Waals surface area contributed by atoms with Gasteiger partial charge in [0.25, 0.3) is 0 Å². The number of hydrogen-bond acceptors (Lipinski definition) is 3. The van der Waals surface area contributed by atoms with Crippen molar-refractivity contribution in [3.63, 3.8) is 0 Å². The summed E-state index contributed by atoms with van der Waals surface area (Å²) in [6.07, 6.45) is 4.81. The van der Waals surface area contributed by atoms with Crippen LogP contribution in [0.4, 0.5) is 4.39 Å². The van der Waals surface area contributed by atoms with Gasteiger partial charge in [-0.25, -0.2) is 4.39 Å². The van der Waals surface area contributed by atoms with Gasteiger partial charge in [-0.2, -0.15) is 0 Å². The van der Waals surface area contributed by atoms with E-state index in [9.17, 15) is 9.50 Å². The smallest absolute Gasteiger partial charge is 0.128 e. The number of rotatable bonds is 7. The number of ether oxygens (including phenoxy) is 1. The summed E-state index contributed by atoms with van der Waals surface area (Å²) in [5.41, 5.74) is 0.533. The Hall–Kier alpha value is -0.970. The van der Waals surface area contributed by atoms with Gasteiger partial charge in [0.1, 0.15) is 5.82 Å². The van der Waals surface area contributed by atoms with E-state index in [1.54, 1.807) is 18.2 Å². The zero-order chi connectivity index (χ0) is 14.7. The van der Waals surface area contributed by atoms with Gasteiger partial charge in [0.15, 0.2) is 0 Å². The van der Waals surface area contributed by atoms with E-state index in [1.165, 1.54) is 31.7 Å². The Morgan fingerprint density at radius 2 is 2.14 bits per heavy atom. The summed E-state index contributed by atoms with van der Waals surface area (Å²) in [6, 6.07) is 7.15. The molecule has 2 fully saturated rings. The highest BCUT2D eigenvalue weighted by Gasteiger charge is 2.39. The number of aliphatic hydroxyl groups is 1. The molecular weight excluding hydrogens is 269 g/mol. The molecule has 1 aromatic carbocycles. The highest BCUT2D eigenvalue weighted by atomic mass is 19.1. The molecule has 2 N–H and O–H groups in total. The third kappa shape index (κ3) is 3.82. The lowest BCUT2D eigenvalue weighted by Crippen LogP contribution is -2.40. The van der Waals surface area contributed by atoms with Gasteiger partial charge in [0.2, 0.25) is 0 Å². The summed E-state index contributed by atoms with van der Waals surface area (Å²) in [6.45, 7) is 1.01. The minimum Gasteiger partial charge on any atom is -0.389 e. The quantitative estimate of drug-likeness (QED) is 0.811. The van der Waals surface area contributed by atoms with Gasteiger partial charge in [-0.15, -0.1) is 0 Å². The van der Waals surface area contributed by atoms with E-state index in [0.29, 0.717) is 18.2 Å². The molecule has 3 nitrogen and oxygen atoms in total. The normalized spacial score (nSPS) is 29.0. The van der Waals surface area contributed by atoms with Gasteiger partial charge in [-0.3, -0.25) is 0 Å². The van der Waals surface area contributed by atoms with Crippen molar-refractivity contribution in [3.05, 3.63) is 35.6 Å². The van der Waals surface area contributed by atoms with Crippen LogP contribution in [0.15, 0.2) is 24.3 Å². The summed E-state index contributed by atoms with van der Waals surface area (Å²) in [7, 11) is 0. The zero-order valence-electron chi connectivity index (χ0n) is 12.3. The van der Waals surface area contributed by atoms with Gasteiger partial charge in [0.05, 0.1) is 19.3 Å². The first-order chi connectivity index (χ1) is 10.2. The molecule has 4 atom stereocenters. The van der Waals surface area contributed by atoms with Crippen LogP contribution in [0.2, 0.25) is 0 Å². The average Bonchev–Trinajstić information content (AvgIpc) is 3.10. The van der Waals surface area contributed by atoms with E-state index in [-0.39, 0.29) is 19.0 Å². The molecule has 0 spiro atoms. The van der Waals surface area contributed by atoms with Crippen LogP contribution in [0.5, 0.6) is 0 Å². The van der Waals surface area contributed by atoms with Gasteiger partial charge >= 0.3 is 0 Å². The molecule has 0 saturated heterocycles. The van der Waals surface area contributed by atoms with Crippen molar-refractivity contribution in [2.24, 2.45) is 11.8 Å². The number of hydrogen-bond donors (Lipinski definition) is 2. The Balaban J connectivity index is 1.33. The minimum absolute atomic E-state index is 0.206.